The molecule has 0 aromatic heterocycles. The lowest BCUT2D eigenvalue weighted by Crippen LogP contribution is -2.41. The van der Waals surface area contributed by atoms with Crippen LogP contribution in [0.3, 0.4) is 0 Å². The zero-order valence-corrected chi connectivity index (χ0v) is 14.6. The van der Waals surface area contributed by atoms with E-state index in [2.05, 4.69) is 0 Å². The Bertz CT molecular complexity index is 658. The summed E-state index contributed by atoms with van der Waals surface area (Å²) in [6, 6.07) is 3.67. The number of benzene rings is 1. The van der Waals surface area contributed by atoms with Crippen LogP contribution in [0.15, 0.2) is 24.3 Å². The number of likely N-dealkylation sites (N-methyl/N-ethyl adjacent to an activating group) is 1. The average molecular weight is 366 g/mol. The van der Waals surface area contributed by atoms with Gasteiger partial charge in [0.05, 0.1) is 17.5 Å². The van der Waals surface area contributed by atoms with E-state index in [1.165, 1.54) is 4.90 Å². The standard InChI is InChI=1S/C15H21F3N2O3S/c1-4-5-10-19(2)14(21)11-20(24(3,22)23)13-8-6-12(7-9-13)15(16,17)18/h6-9H,4-5,10-11H2,1-3H3. The number of anilines is 1. The molecule has 0 bridgehead atoms. The van der Waals surface area contributed by atoms with Gasteiger partial charge in [0.2, 0.25) is 15.9 Å². The first-order valence-electron chi connectivity index (χ1n) is 7.35. The van der Waals surface area contributed by atoms with Crippen LogP contribution in [0.4, 0.5) is 18.9 Å². The van der Waals surface area contributed by atoms with E-state index in [0.29, 0.717) is 6.54 Å². The Morgan fingerprint density at radius 2 is 1.71 bits per heavy atom. The molecular formula is C15H21F3N2O3S. The topological polar surface area (TPSA) is 57.7 Å². The van der Waals surface area contributed by atoms with Gasteiger partial charge >= 0.3 is 6.18 Å². The third kappa shape index (κ3) is 5.70. The van der Waals surface area contributed by atoms with E-state index in [4.69, 9.17) is 0 Å². The highest BCUT2D eigenvalue weighted by Crippen LogP contribution is 2.30. The summed E-state index contributed by atoms with van der Waals surface area (Å²) in [6.07, 6.45) is -1.94. The summed E-state index contributed by atoms with van der Waals surface area (Å²) < 4.78 is 62.4. The lowest BCUT2D eigenvalue weighted by Gasteiger charge is -2.25. The number of alkyl halides is 3. The van der Waals surface area contributed by atoms with Crippen molar-refractivity contribution in [1.29, 1.82) is 0 Å². The van der Waals surface area contributed by atoms with Gasteiger partial charge in [0.1, 0.15) is 6.54 Å². The van der Waals surface area contributed by atoms with Crippen molar-refractivity contribution in [1.82, 2.24) is 4.90 Å². The Labute approximate surface area is 140 Å². The number of sulfonamides is 1. The Hall–Kier alpha value is -1.77. The monoisotopic (exact) mass is 366 g/mol. The molecule has 0 fully saturated rings. The molecule has 0 spiro atoms. The summed E-state index contributed by atoms with van der Waals surface area (Å²) in [4.78, 5) is 13.6. The zero-order valence-electron chi connectivity index (χ0n) is 13.8. The first-order chi connectivity index (χ1) is 11.0. The van der Waals surface area contributed by atoms with Gasteiger partial charge in [-0.1, -0.05) is 13.3 Å². The predicted molar refractivity (Wildman–Crippen MR) is 86.2 cm³/mol. The molecule has 1 aromatic carbocycles. The lowest BCUT2D eigenvalue weighted by molar-refractivity contribution is -0.137. The predicted octanol–water partition coefficient (Wildman–Crippen LogP) is 2.73. The largest absolute Gasteiger partial charge is 0.416 e. The highest BCUT2D eigenvalue weighted by atomic mass is 32.2. The summed E-state index contributed by atoms with van der Waals surface area (Å²) in [6.45, 7) is 1.99. The van der Waals surface area contributed by atoms with Crippen molar-refractivity contribution in [2.45, 2.75) is 25.9 Å². The van der Waals surface area contributed by atoms with E-state index in [9.17, 15) is 26.4 Å². The van der Waals surface area contributed by atoms with Gasteiger partial charge in [-0.2, -0.15) is 13.2 Å². The highest BCUT2D eigenvalue weighted by molar-refractivity contribution is 7.92. The van der Waals surface area contributed by atoms with Crippen molar-refractivity contribution in [2.24, 2.45) is 0 Å². The van der Waals surface area contributed by atoms with Crippen LogP contribution in [-0.2, 0) is 21.0 Å². The molecule has 136 valence electrons. The Balaban J connectivity index is 3.01. The van der Waals surface area contributed by atoms with Gasteiger partial charge in [-0.05, 0) is 30.7 Å². The van der Waals surface area contributed by atoms with Gasteiger partial charge < -0.3 is 4.90 Å². The van der Waals surface area contributed by atoms with Crippen LogP contribution < -0.4 is 4.31 Å². The van der Waals surface area contributed by atoms with Crippen LogP contribution >= 0.6 is 0 Å². The number of hydrogen-bond acceptors (Lipinski definition) is 3. The second-order valence-corrected chi connectivity index (χ2v) is 7.39. The number of carbonyl (C=O) groups is 1. The fourth-order valence-electron chi connectivity index (χ4n) is 1.98. The van der Waals surface area contributed by atoms with Gasteiger partial charge in [-0.25, -0.2) is 8.42 Å². The fourth-order valence-corrected chi connectivity index (χ4v) is 2.83. The number of hydrogen-bond donors (Lipinski definition) is 0. The molecule has 0 aliphatic heterocycles. The molecule has 0 aliphatic carbocycles. The molecule has 0 heterocycles. The molecular weight excluding hydrogens is 345 g/mol. The zero-order chi connectivity index (χ0) is 18.5. The number of halogens is 3. The maximum absolute atomic E-state index is 12.6. The molecule has 1 rings (SSSR count). The minimum Gasteiger partial charge on any atom is -0.344 e. The van der Waals surface area contributed by atoms with Crippen LogP contribution in [0.1, 0.15) is 25.3 Å². The second-order valence-electron chi connectivity index (χ2n) is 5.48. The normalized spacial score (nSPS) is 12.1. The molecule has 0 atom stereocenters. The van der Waals surface area contributed by atoms with E-state index >= 15 is 0 Å². The molecule has 1 amide bonds. The van der Waals surface area contributed by atoms with Crippen molar-refractivity contribution >= 4 is 21.6 Å². The molecule has 5 nitrogen and oxygen atoms in total. The van der Waals surface area contributed by atoms with E-state index in [1.807, 2.05) is 6.92 Å². The number of amides is 1. The summed E-state index contributed by atoms with van der Waals surface area (Å²) >= 11 is 0. The quantitative estimate of drug-likeness (QED) is 0.746. The number of carbonyl (C=O) groups excluding carboxylic acids is 1. The van der Waals surface area contributed by atoms with Crippen LogP contribution in [0.5, 0.6) is 0 Å². The first-order valence-corrected chi connectivity index (χ1v) is 9.20. The van der Waals surface area contributed by atoms with Crippen molar-refractivity contribution < 1.29 is 26.4 Å². The molecule has 0 radical (unpaired) electrons. The molecule has 9 heteroatoms. The van der Waals surface area contributed by atoms with E-state index in [0.717, 1.165) is 47.7 Å². The van der Waals surface area contributed by atoms with Crippen LogP contribution in [-0.4, -0.2) is 45.6 Å². The number of rotatable bonds is 7. The SMILES string of the molecule is CCCCN(C)C(=O)CN(c1ccc(C(F)(F)F)cc1)S(C)(=O)=O. The number of nitrogens with zero attached hydrogens (tertiary/aromatic N) is 2. The van der Waals surface area contributed by atoms with E-state index < -0.39 is 34.2 Å². The fraction of sp³-hybridized carbons (Fsp3) is 0.533. The average Bonchev–Trinajstić information content (AvgIpc) is 2.48. The molecule has 1 aromatic rings. The summed E-state index contributed by atoms with van der Waals surface area (Å²) in [7, 11) is -2.25. The smallest absolute Gasteiger partial charge is 0.344 e. The lowest BCUT2D eigenvalue weighted by atomic mass is 10.2. The Morgan fingerprint density at radius 3 is 2.12 bits per heavy atom. The minimum atomic E-state index is -4.51. The molecule has 0 saturated heterocycles. The van der Waals surface area contributed by atoms with E-state index in [-0.39, 0.29) is 5.69 Å². The van der Waals surface area contributed by atoms with Gasteiger partial charge in [-0.3, -0.25) is 9.10 Å². The Morgan fingerprint density at radius 1 is 1.17 bits per heavy atom. The first kappa shape index (κ1) is 20.3. The summed E-state index contributed by atoms with van der Waals surface area (Å²) in [5.41, 5.74) is -0.867. The molecule has 0 unspecified atom stereocenters. The molecule has 24 heavy (non-hydrogen) atoms. The summed E-state index contributed by atoms with van der Waals surface area (Å²) in [5, 5.41) is 0. The second kappa shape index (κ2) is 7.87. The molecule has 0 aliphatic rings. The van der Waals surface area contributed by atoms with Gasteiger partial charge in [0.15, 0.2) is 0 Å². The van der Waals surface area contributed by atoms with Gasteiger partial charge in [0.25, 0.3) is 0 Å². The Kier molecular flexibility index (Phi) is 6.65. The van der Waals surface area contributed by atoms with Crippen molar-refractivity contribution in [3.63, 3.8) is 0 Å². The molecule has 0 N–H and O–H groups in total. The summed E-state index contributed by atoms with van der Waals surface area (Å²) in [5.74, 6) is -0.422. The number of unbranched alkanes of at least 4 members (excludes halogenated alkanes) is 1. The minimum absolute atomic E-state index is 0.0164. The van der Waals surface area contributed by atoms with Crippen molar-refractivity contribution in [3.8, 4) is 0 Å². The van der Waals surface area contributed by atoms with Crippen LogP contribution in [0.2, 0.25) is 0 Å². The van der Waals surface area contributed by atoms with Crippen LogP contribution in [0, 0.1) is 0 Å². The van der Waals surface area contributed by atoms with E-state index in [1.54, 1.807) is 7.05 Å². The maximum Gasteiger partial charge on any atom is 0.416 e. The van der Waals surface area contributed by atoms with Gasteiger partial charge in [0, 0.05) is 13.6 Å². The highest BCUT2D eigenvalue weighted by Gasteiger charge is 2.31. The van der Waals surface area contributed by atoms with Gasteiger partial charge in [-0.15, -0.1) is 0 Å². The van der Waals surface area contributed by atoms with Crippen molar-refractivity contribution in [3.05, 3.63) is 29.8 Å². The third-order valence-electron chi connectivity index (χ3n) is 3.43. The van der Waals surface area contributed by atoms with Crippen molar-refractivity contribution in [2.75, 3.05) is 30.7 Å². The van der Waals surface area contributed by atoms with Crippen LogP contribution in [0.25, 0.3) is 0 Å². The third-order valence-corrected chi connectivity index (χ3v) is 4.58. The maximum atomic E-state index is 12.6. The molecule has 0 saturated carbocycles.